The van der Waals surface area contributed by atoms with Crippen molar-refractivity contribution in [1.29, 1.82) is 0 Å². The zero-order valence-electron chi connectivity index (χ0n) is 17.2. The summed E-state index contributed by atoms with van der Waals surface area (Å²) < 4.78 is 1.32. The van der Waals surface area contributed by atoms with E-state index in [0.29, 0.717) is 6.54 Å². The minimum Gasteiger partial charge on any atom is -0.340 e. The SMILES string of the molecule is Cc1ccc(Cn2nc(C(=O)NC(c3ccccc3)c3ccccc3)ccc2=O)cc1. The Morgan fingerprint density at radius 2 is 1.42 bits per heavy atom. The molecular formula is C26H23N3O2. The van der Waals surface area contributed by atoms with Gasteiger partial charge in [0.25, 0.3) is 11.5 Å². The molecule has 0 saturated heterocycles. The molecule has 31 heavy (non-hydrogen) atoms. The van der Waals surface area contributed by atoms with E-state index in [1.165, 1.54) is 16.8 Å². The third-order valence-electron chi connectivity index (χ3n) is 5.09. The number of aryl methyl sites for hydroxylation is 1. The second-order valence-corrected chi connectivity index (χ2v) is 7.43. The first-order valence-corrected chi connectivity index (χ1v) is 10.1. The van der Waals surface area contributed by atoms with E-state index < -0.39 is 0 Å². The first-order chi connectivity index (χ1) is 15.1. The number of carbonyl (C=O) groups excluding carboxylic acids is 1. The third-order valence-corrected chi connectivity index (χ3v) is 5.09. The molecule has 1 amide bonds. The predicted molar refractivity (Wildman–Crippen MR) is 121 cm³/mol. The van der Waals surface area contributed by atoms with Gasteiger partial charge in [-0.15, -0.1) is 0 Å². The summed E-state index contributed by atoms with van der Waals surface area (Å²) in [5, 5.41) is 7.39. The van der Waals surface area contributed by atoms with Crippen LogP contribution in [0.5, 0.6) is 0 Å². The first kappa shape index (κ1) is 20.3. The van der Waals surface area contributed by atoms with Gasteiger partial charge in [0.2, 0.25) is 0 Å². The Labute approximate surface area is 181 Å². The molecule has 1 N–H and O–H groups in total. The lowest BCUT2D eigenvalue weighted by Crippen LogP contribution is -2.32. The van der Waals surface area contributed by atoms with Crippen molar-refractivity contribution in [2.75, 3.05) is 0 Å². The number of benzene rings is 3. The van der Waals surface area contributed by atoms with Crippen molar-refractivity contribution in [3.8, 4) is 0 Å². The fourth-order valence-electron chi connectivity index (χ4n) is 3.40. The van der Waals surface area contributed by atoms with Crippen molar-refractivity contribution in [3.05, 3.63) is 135 Å². The Hall–Kier alpha value is -3.99. The molecule has 0 radical (unpaired) electrons. The number of amides is 1. The fourth-order valence-corrected chi connectivity index (χ4v) is 3.40. The molecule has 4 rings (SSSR count). The van der Waals surface area contributed by atoms with Gasteiger partial charge in [-0.2, -0.15) is 5.10 Å². The van der Waals surface area contributed by atoms with Gasteiger partial charge < -0.3 is 5.32 Å². The molecule has 5 nitrogen and oxygen atoms in total. The Balaban J connectivity index is 1.60. The smallest absolute Gasteiger partial charge is 0.272 e. The molecule has 0 aliphatic carbocycles. The summed E-state index contributed by atoms with van der Waals surface area (Å²) in [4.78, 5) is 25.4. The van der Waals surface area contributed by atoms with Crippen LogP contribution in [-0.2, 0) is 6.54 Å². The summed E-state index contributed by atoms with van der Waals surface area (Å²) in [5.74, 6) is -0.338. The Bertz CT molecular complexity index is 1180. The highest BCUT2D eigenvalue weighted by molar-refractivity contribution is 5.92. The number of nitrogens with zero attached hydrogens (tertiary/aromatic N) is 2. The van der Waals surface area contributed by atoms with Crippen LogP contribution in [0.1, 0.15) is 38.8 Å². The van der Waals surface area contributed by atoms with Crippen LogP contribution in [0, 0.1) is 6.92 Å². The van der Waals surface area contributed by atoms with E-state index >= 15 is 0 Å². The van der Waals surface area contributed by atoms with Gasteiger partial charge in [0.1, 0.15) is 5.69 Å². The molecular weight excluding hydrogens is 386 g/mol. The second-order valence-electron chi connectivity index (χ2n) is 7.43. The second kappa shape index (κ2) is 9.22. The van der Waals surface area contributed by atoms with Gasteiger partial charge in [0.15, 0.2) is 0 Å². The number of hydrogen-bond donors (Lipinski definition) is 1. The largest absolute Gasteiger partial charge is 0.340 e. The van der Waals surface area contributed by atoms with E-state index in [9.17, 15) is 9.59 Å². The molecule has 154 valence electrons. The Morgan fingerprint density at radius 1 is 0.839 bits per heavy atom. The lowest BCUT2D eigenvalue weighted by molar-refractivity contribution is 0.0935. The van der Waals surface area contributed by atoms with E-state index in [1.807, 2.05) is 91.9 Å². The van der Waals surface area contributed by atoms with Crippen molar-refractivity contribution in [3.63, 3.8) is 0 Å². The minimum atomic E-state index is -0.338. The van der Waals surface area contributed by atoms with Crippen LogP contribution in [0.25, 0.3) is 0 Å². The summed E-state index contributed by atoms with van der Waals surface area (Å²) in [6.07, 6.45) is 0. The van der Waals surface area contributed by atoms with Crippen molar-refractivity contribution in [2.24, 2.45) is 0 Å². The van der Waals surface area contributed by atoms with Crippen molar-refractivity contribution in [2.45, 2.75) is 19.5 Å². The van der Waals surface area contributed by atoms with Gasteiger partial charge in [-0.25, -0.2) is 4.68 Å². The summed E-state index contributed by atoms with van der Waals surface area (Å²) >= 11 is 0. The van der Waals surface area contributed by atoms with Gasteiger partial charge >= 0.3 is 0 Å². The summed E-state index contributed by atoms with van der Waals surface area (Å²) in [5.41, 5.74) is 3.97. The molecule has 5 heteroatoms. The molecule has 0 unspecified atom stereocenters. The molecule has 1 heterocycles. The van der Waals surface area contributed by atoms with Crippen LogP contribution in [0.4, 0.5) is 0 Å². The van der Waals surface area contributed by atoms with Gasteiger partial charge in [-0.1, -0.05) is 90.5 Å². The van der Waals surface area contributed by atoms with Crippen LogP contribution in [0.2, 0.25) is 0 Å². The monoisotopic (exact) mass is 409 g/mol. The quantitative estimate of drug-likeness (QED) is 0.521. The van der Waals surface area contributed by atoms with E-state index in [1.54, 1.807) is 0 Å². The molecule has 0 fully saturated rings. The Kier molecular flexibility index (Phi) is 6.03. The topological polar surface area (TPSA) is 64.0 Å². The average molecular weight is 409 g/mol. The molecule has 0 saturated carbocycles. The average Bonchev–Trinajstić information content (AvgIpc) is 2.81. The fraction of sp³-hybridized carbons (Fsp3) is 0.115. The Morgan fingerprint density at radius 3 is 2.00 bits per heavy atom. The lowest BCUT2D eigenvalue weighted by Gasteiger charge is -2.20. The lowest BCUT2D eigenvalue weighted by atomic mass is 9.98. The highest BCUT2D eigenvalue weighted by atomic mass is 16.2. The van der Waals surface area contributed by atoms with Gasteiger partial charge in [0.05, 0.1) is 12.6 Å². The van der Waals surface area contributed by atoms with E-state index in [0.717, 1.165) is 22.3 Å². The van der Waals surface area contributed by atoms with E-state index in [-0.39, 0.29) is 23.2 Å². The standard InChI is InChI=1S/C26H23N3O2/c1-19-12-14-20(15-13-19)18-29-24(30)17-16-23(28-29)26(31)27-25(21-8-4-2-5-9-21)22-10-6-3-7-11-22/h2-17,25H,18H2,1H3,(H,27,31). The maximum Gasteiger partial charge on any atom is 0.272 e. The maximum absolute atomic E-state index is 13.1. The highest BCUT2D eigenvalue weighted by Gasteiger charge is 2.19. The zero-order valence-corrected chi connectivity index (χ0v) is 17.2. The van der Waals surface area contributed by atoms with E-state index in [4.69, 9.17) is 0 Å². The molecule has 0 atom stereocenters. The van der Waals surface area contributed by atoms with E-state index in [2.05, 4.69) is 10.4 Å². The van der Waals surface area contributed by atoms with Crippen molar-refractivity contribution >= 4 is 5.91 Å². The van der Waals surface area contributed by atoms with Crippen LogP contribution in [0.3, 0.4) is 0 Å². The number of rotatable bonds is 6. The predicted octanol–water partition coefficient (Wildman–Crippen LogP) is 4.12. The van der Waals surface area contributed by atoms with Crippen LogP contribution >= 0.6 is 0 Å². The van der Waals surface area contributed by atoms with Crippen molar-refractivity contribution < 1.29 is 4.79 Å². The normalized spacial score (nSPS) is 10.8. The summed E-state index contributed by atoms with van der Waals surface area (Å²) in [6, 6.07) is 30.0. The molecule has 0 aliphatic heterocycles. The highest BCUT2D eigenvalue weighted by Crippen LogP contribution is 2.22. The summed E-state index contributed by atoms with van der Waals surface area (Å²) in [6.45, 7) is 2.32. The van der Waals surface area contributed by atoms with Crippen LogP contribution in [0.15, 0.2) is 102 Å². The van der Waals surface area contributed by atoms with Gasteiger partial charge in [-0.05, 0) is 29.7 Å². The van der Waals surface area contributed by atoms with Crippen molar-refractivity contribution in [1.82, 2.24) is 15.1 Å². The molecule has 0 bridgehead atoms. The van der Waals surface area contributed by atoms with Gasteiger partial charge in [0, 0.05) is 6.07 Å². The molecule has 3 aromatic carbocycles. The molecule has 4 aromatic rings. The number of nitrogens with one attached hydrogen (secondary N) is 1. The summed E-state index contributed by atoms with van der Waals surface area (Å²) in [7, 11) is 0. The molecule has 0 aliphatic rings. The third kappa shape index (κ3) is 4.95. The molecule has 0 spiro atoms. The maximum atomic E-state index is 13.1. The zero-order chi connectivity index (χ0) is 21.6. The van der Waals surface area contributed by atoms with Crippen LogP contribution in [-0.4, -0.2) is 15.7 Å². The molecule has 1 aromatic heterocycles. The number of aromatic nitrogens is 2. The van der Waals surface area contributed by atoms with Gasteiger partial charge in [-0.3, -0.25) is 9.59 Å². The van der Waals surface area contributed by atoms with Crippen LogP contribution < -0.4 is 10.9 Å². The minimum absolute atomic E-state index is 0.198. The first-order valence-electron chi connectivity index (χ1n) is 10.1. The number of hydrogen-bond acceptors (Lipinski definition) is 3. The number of carbonyl (C=O) groups is 1.